The molecule has 0 aromatic carbocycles. The summed E-state index contributed by atoms with van der Waals surface area (Å²) in [5.41, 5.74) is 0.431. The minimum absolute atomic E-state index is 0.0406. The molecule has 7 heteroatoms. The Morgan fingerprint density at radius 1 is 1.39 bits per heavy atom. The van der Waals surface area contributed by atoms with E-state index in [1.165, 1.54) is 19.2 Å². The van der Waals surface area contributed by atoms with Crippen molar-refractivity contribution in [3.63, 3.8) is 0 Å². The molecule has 126 valence electrons. The van der Waals surface area contributed by atoms with Crippen molar-refractivity contribution in [2.75, 3.05) is 26.3 Å². The molecule has 1 unspecified atom stereocenters. The van der Waals surface area contributed by atoms with Gasteiger partial charge in [0.25, 0.3) is 5.91 Å². The van der Waals surface area contributed by atoms with Crippen LogP contribution < -0.4 is 5.32 Å². The van der Waals surface area contributed by atoms with Crippen LogP contribution in [0.2, 0.25) is 0 Å². The summed E-state index contributed by atoms with van der Waals surface area (Å²) in [6.07, 6.45) is 7.68. The van der Waals surface area contributed by atoms with Crippen molar-refractivity contribution in [2.24, 2.45) is 0 Å². The maximum Gasteiger partial charge on any atom is 0.271 e. The molecular weight excluding hydrogens is 360 g/mol. The van der Waals surface area contributed by atoms with Crippen LogP contribution in [-0.2, 0) is 4.74 Å². The van der Waals surface area contributed by atoms with Crippen LogP contribution >= 0.6 is 15.9 Å². The first-order chi connectivity index (χ1) is 11.1. The van der Waals surface area contributed by atoms with Gasteiger partial charge in [-0.15, -0.1) is 0 Å². The lowest BCUT2D eigenvalue weighted by atomic mass is 9.86. The lowest BCUT2D eigenvalue weighted by Crippen LogP contribution is -2.62. The molecule has 0 radical (unpaired) electrons. The van der Waals surface area contributed by atoms with Gasteiger partial charge in [0.15, 0.2) is 0 Å². The number of morpholine rings is 1. The average Bonchev–Trinajstić information content (AvgIpc) is 3.07. The van der Waals surface area contributed by atoms with Crippen molar-refractivity contribution in [1.29, 1.82) is 0 Å². The number of rotatable bonds is 4. The number of aromatic nitrogens is 2. The maximum atomic E-state index is 12.6. The van der Waals surface area contributed by atoms with Crippen LogP contribution in [0.1, 0.15) is 43.1 Å². The third-order valence-corrected chi connectivity index (χ3v) is 5.73. The molecule has 1 saturated heterocycles. The van der Waals surface area contributed by atoms with Gasteiger partial charge in [-0.25, -0.2) is 9.97 Å². The molecule has 1 aliphatic carbocycles. The number of carbonyl (C=O) groups is 1. The summed E-state index contributed by atoms with van der Waals surface area (Å²) >= 11 is 3.35. The Bertz CT molecular complexity index is 557. The highest BCUT2D eigenvalue weighted by Crippen LogP contribution is 2.38. The van der Waals surface area contributed by atoms with Crippen LogP contribution in [0.25, 0.3) is 0 Å². The average molecular weight is 383 g/mol. The second-order valence-electron chi connectivity index (χ2n) is 6.32. The molecule has 1 amide bonds. The topological polar surface area (TPSA) is 67.4 Å². The number of nitrogens with one attached hydrogen (secondary N) is 1. The van der Waals surface area contributed by atoms with Gasteiger partial charge in [0.05, 0.1) is 17.7 Å². The molecule has 3 rings (SSSR count). The second kappa shape index (κ2) is 7.23. The second-order valence-corrected chi connectivity index (χ2v) is 7.18. The zero-order chi connectivity index (χ0) is 16.3. The van der Waals surface area contributed by atoms with Gasteiger partial charge < -0.3 is 10.1 Å². The Kier molecular flexibility index (Phi) is 5.28. The van der Waals surface area contributed by atoms with Crippen LogP contribution in [0.3, 0.4) is 0 Å². The fraction of sp³-hybridized carbons (Fsp3) is 0.688. The van der Waals surface area contributed by atoms with Gasteiger partial charge in [0, 0.05) is 30.9 Å². The molecule has 1 saturated carbocycles. The van der Waals surface area contributed by atoms with Crippen LogP contribution in [0.4, 0.5) is 0 Å². The Balaban J connectivity index is 1.75. The van der Waals surface area contributed by atoms with E-state index >= 15 is 0 Å². The molecule has 1 aromatic heterocycles. The molecule has 1 N–H and O–H groups in total. The van der Waals surface area contributed by atoms with Crippen molar-refractivity contribution in [1.82, 2.24) is 20.2 Å². The highest BCUT2D eigenvalue weighted by atomic mass is 79.9. The van der Waals surface area contributed by atoms with Gasteiger partial charge in [-0.3, -0.25) is 9.69 Å². The number of hydrogen-bond donors (Lipinski definition) is 1. The summed E-state index contributed by atoms with van der Waals surface area (Å²) in [6, 6.07) is 0.0671. The normalized spacial score (nSPS) is 22.7. The van der Waals surface area contributed by atoms with Crippen LogP contribution in [0, 0.1) is 0 Å². The fourth-order valence-corrected chi connectivity index (χ4v) is 4.30. The highest BCUT2D eigenvalue weighted by Gasteiger charge is 2.45. The number of hydrogen-bond acceptors (Lipinski definition) is 5. The van der Waals surface area contributed by atoms with E-state index in [1.807, 2.05) is 0 Å². The van der Waals surface area contributed by atoms with Gasteiger partial charge in [0.2, 0.25) is 0 Å². The molecule has 0 spiro atoms. The minimum Gasteiger partial charge on any atom is -0.379 e. The number of amides is 1. The molecule has 1 atom stereocenters. The summed E-state index contributed by atoms with van der Waals surface area (Å²) in [5.74, 6) is -0.147. The largest absolute Gasteiger partial charge is 0.379 e. The van der Waals surface area contributed by atoms with Gasteiger partial charge in [-0.05, 0) is 35.7 Å². The summed E-state index contributed by atoms with van der Waals surface area (Å²) in [6.45, 7) is 5.56. The number of ether oxygens (including phenoxy) is 1. The lowest BCUT2D eigenvalue weighted by molar-refractivity contribution is -0.0323. The van der Waals surface area contributed by atoms with Gasteiger partial charge in [-0.2, -0.15) is 0 Å². The van der Waals surface area contributed by atoms with E-state index in [4.69, 9.17) is 4.74 Å². The van der Waals surface area contributed by atoms with Crippen LogP contribution in [-0.4, -0.2) is 58.7 Å². The number of nitrogens with zero attached hydrogens (tertiary/aromatic N) is 3. The smallest absolute Gasteiger partial charge is 0.271 e. The molecule has 1 aliphatic heterocycles. The Morgan fingerprint density at radius 2 is 2.09 bits per heavy atom. The van der Waals surface area contributed by atoms with Gasteiger partial charge in [0.1, 0.15) is 12.0 Å². The third-order valence-electron chi connectivity index (χ3n) is 5.15. The molecular formula is C16H23BrN4O2. The summed E-state index contributed by atoms with van der Waals surface area (Å²) in [7, 11) is 0. The number of halogens is 1. The molecule has 2 heterocycles. The molecule has 6 nitrogen and oxygen atoms in total. The Hall–Kier alpha value is -1.05. The SMILES string of the molecule is CC(NC(=O)c1ncncc1Br)C1(N2CCOCC2)CCCC1. The molecule has 1 aromatic rings. The van der Waals surface area contributed by atoms with Crippen molar-refractivity contribution in [3.05, 3.63) is 22.7 Å². The van der Waals surface area contributed by atoms with E-state index < -0.39 is 0 Å². The lowest BCUT2D eigenvalue weighted by Gasteiger charge is -2.47. The monoisotopic (exact) mass is 382 g/mol. The third kappa shape index (κ3) is 3.41. The quantitative estimate of drug-likeness (QED) is 0.862. The first-order valence-electron chi connectivity index (χ1n) is 8.23. The van der Waals surface area contributed by atoms with E-state index in [-0.39, 0.29) is 17.5 Å². The minimum atomic E-state index is -0.147. The summed E-state index contributed by atoms with van der Waals surface area (Å²) in [4.78, 5) is 23.1. The first kappa shape index (κ1) is 16.8. The molecule has 2 aliphatic rings. The zero-order valence-corrected chi connectivity index (χ0v) is 15.0. The predicted molar refractivity (Wildman–Crippen MR) is 90.3 cm³/mol. The highest BCUT2D eigenvalue weighted by molar-refractivity contribution is 9.10. The van der Waals surface area contributed by atoms with Gasteiger partial charge >= 0.3 is 0 Å². The summed E-state index contributed by atoms with van der Waals surface area (Å²) < 4.78 is 6.12. The fourth-order valence-electron chi connectivity index (χ4n) is 3.90. The van der Waals surface area contributed by atoms with E-state index in [9.17, 15) is 4.79 Å². The van der Waals surface area contributed by atoms with Gasteiger partial charge in [-0.1, -0.05) is 12.8 Å². The van der Waals surface area contributed by atoms with Crippen LogP contribution in [0.5, 0.6) is 0 Å². The molecule has 0 bridgehead atoms. The Morgan fingerprint density at radius 3 is 2.74 bits per heavy atom. The first-order valence-corrected chi connectivity index (χ1v) is 9.02. The van der Waals surface area contributed by atoms with Crippen molar-refractivity contribution >= 4 is 21.8 Å². The standard InChI is InChI=1S/C16H23BrN4O2/c1-12(20-15(22)14-13(17)10-18-11-19-14)16(4-2-3-5-16)21-6-8-23-9-7-21/h10-12H,2-9H2,1H3,(H,20,22). The number of carbonyl (C=O) groups excluding carboxylic acids is 1. The van der Waals surface area contributed by atoms with E-state index in [0.29, 0.717) is 10.2 Å². The molecule has 23 heavy (non-hydrogen) atoms. The van der Waals surface area contributed by atoms with E-state index in [1.54, 1.807) is 6.20 Å². The molecule has 2 fully saturated rings. The van der Waals surface area contributed by atoms with E-state index in [0.717, 1.165) is 39.1 Å². The maximum absolute atomic E-state index is 12.6. The predicted octanol–water partition coefficient (Wildman–Crippen LogP) is 2.00. The summed E-state index contributed by atoms with van der Waals surface area (Å²) in [5, 5.41) is 3.18. The van der Waals surface area contributed by atoms with E-state index in [2.05, 4.69) is 43.0 Å². The van der Waals surface area contributed by atoms with Crippen LogP contribution in [0.15, 0.2) is 17.0 Å². The Labute approximate surface area is 145 Å². The zero-order valence-electron chi connectivity index (χ0n) is 13.4. The van der Waals surface area contributed by atoms with Crippen molar-refractivity contribution in [2.45, 2.75) is 44.2 Å². The van der Waals surface area contributed by atoms with Crippen molar-refractivity contribution in [3.8, 4) is 0 Å². The van der Waals surface area contributed by atoms with Crippen molar-refractivity contribution < 1.29 is 9.53 Å².